The molecule has 1 fully saturated rings. The molecule has 3 heterocycles. The van der Waals surface area contributed by atoms with Crippen molar-refractivity contribution in [3.05, 3.63) is 65.4 Å². The Kier molecular flexibility index (Phi) is 5.04. The van der Waals surface area contributed by atoms with E-state index in [2.05, 4.69) is 16.0 Å². The molecule has 0 radical (unpaired) electrons. The van der Waals surface area contributed by atoms with E-state index in [1.807, 2.05) is 42.5 Å². The standard InChI is InChI=1S/C22H22N2O3.ClH/c1-26-16-7-8-18-17(11-16)19-15-9-10-24(12-15)21(20(19)23-18)22(25)27-13-14-5-3-2-4-6-14;/h2-8,11,15,21,23H,9-10,12-13H2,1H3;1H. The molecule has 2 aliphatic rings. The highest BCUT2D eigenvalue weighted by Crippen LogP contribution is 2.46. The number of nitrogens with zero attached hydrogens (tertiary/aromatic N) is 1. The van der Waals surface area contributed by atoms with Crippen LogP contribution in [0.25, 0.3) is 10.9 Å². The molecule has 1 aromatic heterocycles. The SMILES string of the molecule is COc1ccc2[nH]c3c(c2c1)C1CCN(C1)C3C(=O)OCc1ccccc1.Cl. The van der Waals surface area contributed by atoms with Crippen LogP contribution >= 0.6 is 12.4 Å². The third-order valence-corrected chi connectivity index (χ3v) is 5.79. The van der Waals surface area contributed by atoms with Gasteiger partial charge in [-0.2, -0.15) is 0 Å². The van der Waals surface area contributed by atoms with Gasteiger partial charge in [-0.3, -0.25) is 4.90 Å². The van der Waals surface area contributed by atoms with Gasteiger partial charge in [0.1, 0.15) is 18.4 Å². The zero-order valence-corrected chi connectivity index (χ0v) is 16.5. The van der Waals surface area contributed by atoms with E-state index in [-0.39, 0.29) is 24.4 Å². The van der Waals surface area contributed by atoms with Crippen LogP contribution in [0.4, 0.5) is 0 Å². The van der Waals surface area contributed by atoms with Crippen molar-refractivity contribution < 1.29 is 14.3 Å². The van der Waals surface area contributed by atoms with Crippen molar-refractivity contribution in [1.29, 1.82) is 0 Å². The number of fused-ring (bicyclic) bond motifs is 6. The van der Waals surface area contributed by atoms with Crippen LogP contribution in [-0.2, 0) is 16.1 Å². The lowest BCUT2D eigenvalue weighted by molar-refractivity contribution is -0.151. The molecule has 3 atom stereocenters. The number of hydrogen-bond donors (Lipinski definition) is 1. The maximum atomic E-state index is 13.0. The molecule has 5 nitrogen and oxygen atoms in total. The Morgan fingerprint density at radius 2 is 2.04 bits per heavy atom. The Hall–Kier alpha value is -2.50. The monoisotopic (exact) mass is 398 g/mol. The van der Waals surface area contributed by atoms with Crippen LogP contribution < -0.4 is 4.74 Å². The van der Waals surface area contributed by atoms with Gasteiger partial charge in [-0.15, -0.1) is 12.4 Å². The number of carbonyl (C=O) groups excluding carboxylic acids is 1. The first kappa shape index (κ1) is 18.8. The molecule has 0 saturated carbocycles. The molecule has 0 aliphatic carbocycles. The summed E-state index contributed by atoms with van der Waals surface area (Å²) in [5, 5.41) is 1.16. The average Bonchev–Trinajstić information content (AvgIpc) is 3.29. The van der Waals surface area contributed by atoms with E-state index in [9.17, 15) is 4.79 Å². The van der Waals surface area contributed by atoms with E-state index < -0.39 is 0 Å². The molecule has 0 spiro atoms. The maximum absolute atomic E-state index is 13.0. The number of methoxy groups -OCH3 is 1. The minimum absolute atomic E-state index is 0. The zero-order chi connectivity index (χ0) is 18.4. The van der Waals surface area contributed by atoms with Crippen LogP contribution in [0.15, 0.2) is 48.5 Å². The highest BCUT2D eigenvalue weighted by Gasteiger charge is 2.44. The molecule has 6 heteroatoms. The van der Waals surface area contributed by atoms with Gasteiger partial charge >= 0.3 is 5.97 Å². The first-order valence-electron chi connectivity index (χ1n) is 9.38. The minimum atomic E-state index is -0.360. The Bertz CT molecular complexity index is 1000. The maximum Gasteiger partial charge on any atom is 0.329 e. The third-order valence-electron chi connectivity index (χ3n) is 5.79. The van der Waals surface area contributed by atoms with Crippen LogP contribution in [0, 0.1) is 0 Å². The van der Waals surface area contributed by atoms with Gasteiger partial charge in [-0.25, -0.2) is 4.79 Å². The van der Waals surface area contributed by atoms with Crippen molar-refractivity contribution in [3.8, 4) is 5.75 Å². The molecular formula is C22H23ClN2O3. The lowest BCUT2D eigenvalue weighted by Crippen LogP contribution is -2.37. The summed E-state index contributed by atoms with van der Waals surface area (Å²) in [7, 11) is 1.68. The average molecular weight is 399 g/mol. The second kappa shape index (κ2) is 7.49. The molecule has 2 aromatic carbocycles. The van der Waals surface area contributed by atoms with E-state index >= 15 is 0 Å². The Balaban J connectivity index is 0.00000192. The van der Waals surface area contributed by atoms with Crippen molar-refractivity contribution in [2.24, 2.45) is 0 Å². The minimum Gasteiger partial charge on any atom is -0.497 e. The van der Waals surface area contributed by atoms with Gasteiger partial charge in [0, 0.05) is 29.1 Å². The van der Waals surface area contributed by atoms with Crippen molar-refractivity contribution in [3.63, 3.8) is 0 Å². The summed E-state index contributed by atoms with van der Waals surface area (Å²) in [5.41, 5.74) is 4.31. The number of halogens is 1. The summed E-state index contributed by atoms with van der Waals surface area (Å²) in [6, 6.07) is 15.5. The first-order valence-corrected chi connectivity index (χ1v) is 9.38. The summed E-state index contributed by atoms with van der Waals surface area (Å²) < 4.78 is 11.1. The van der Waals surface area contributed by atoms with E-state index in [1.54, 1.807) is 7.11 Å². The molecule has 1 N–H and O–H groups in total. The Morgan fingerprint density at radius 3 is 2.82 bits per heavy atom. The van der Waals surface area contributed by atoms with Gasteiger partial charge in [0.25, 0.3) is 0 Å². The largest absolute Gasteiger partial charge is 0.497 e. The van der Waals surface area contributed by atoms with Crippen LogP contribution in [0.3, 0.4) is 0 Å². The number of H-pyrrole nitrogens is 1. The van der Waals surface area contributed by atoms with Crippen molar-refractivity contribution in [1.82, 2.24) is 9.88 Å². The molecule has 2 aliphatic heterocycles. The Morgan fingerprint density at radius 1 is 1.21 bits per heavy atom. The fourth-order valence-corrected chi connectivity index (χ4v) is 4.51. The van der Waals surface area contributed by atoms with Crippen molar-refractivity contribution in [2.75, 3.05) is 20.2 Å². The molecule has 28 heavy (non-hydrogen) atoms. The van der Waals surface area contributed by atoms with Crippen LogP contribution in [0.2, 0.25) is 0 Å². The van der Waals surface area contributed by atoms with Gasteiger partial charge in [0.2, 0.25) is 0 Å². The summed E-state index contributed by atoms with van der Waals surface area (Å²) in [5.74, 6) is 1.12. The zero-order valence-electron chi connectivity index (χ0n) is 15.7. The smallest absolute Gasteiger partial charge is 0.329 e. The molecule has 1 saturated heterocycles. The number of esters is 1. The van der Waals surface area contributed by atoms with Gasteiger partial charge in [0.05, 0.1) is 7.11 Å². The molecule has 146 valence electrons. The predicted octanol–water partition coefficient (Wildman–Crippen LogP) is 4.19. The second-order valence-corrected chi connectivity index (χ2v) is 7.34. The molecule has 5 rings (SSSR count). The van der Waals surface area contributed by atoms with E-state index in [4.69, 9.17) is 9.47 Å². The topological polar surface area (TPSA) is 54.6 Å². The number of ether oxygens (including phenoxy) is 2. The number of aromatic nitrogens is 1. The molecule has 3 unspecified atom stereocenters. The second-order valence-electron chi connectivity index (χ2n) is 7.34. The van der Waals surface area contributed by atoms with E-state index in [0.717, 1.165) is 47.4 Å². The van der Waals surface area contributed by atoms with Gasteiger partial charge in [-0.1, -0.05) is 30.3 Å². The molecule has 3 aromatic rings. The third kappa shape index (κ3) is 3.05. The number of carbonyl (C=O) groups is 1. The number of rotatable bonds is 4. The van der Waals surface area contributed by atoms with E-state index in [1.165, 1.54) is 5.56 Å². The molecular weight excluding hydrogens is 376 g/mol. The Labute approximate surface area is 170 Å². The number of nitrogens with one attached hydrogen (secondary N) is 1. The lowest BCUT2D eigenvalue weighted by atomic mass is 9.90. The summed E-state index contributed by atoms with van der Waals surface area (Å²) in [4.78, 5) is 18.8. The number of benzene rings is 2. The van der Waals surface area contributed by atoms with Crippen molar-refractivity contribution in [2.45, 2.75) is 25.0 Å². The summed E-state index contributed by atoms with van der Waals surface area (Å²) in [6.45, 7) is 2.13. The van der Waals surface area contributed by atoms with Crippen molar-refractivity contribution >= 4 is 29.3 Å². The summed E-state index contributed by atoms with van der Waals surface area (Å²) in [6.07, 6.45) is 1.07. The summed E-state index contributed by atoms with van der Waals surface area (Å²) >= 11 is 0. The highest BCUT2D eigenvalue weighted by atomic mass is 35.5. The fraction of sp³-hybridized carbons (Fsp3) is 0.318. The van der Waals surface area contributed by atoms with Crippen LogP contribution in [0.5, 0.6) is 5.75 Å². The lowest BCUT2D eigenvalue weighted by Gasteiger charge is -2.30. The van der Waals surface area contributed by atoms with Gasteiger partial charge in [0.15, 0.2) is 0 Å². The van der Waals surface area contributed by atoms with Crippen LogP contribution in [-0.4, -0.2) is 36.1 Å². The molecule has 0 amide bonds. The predicted molar refractivity (Wildman–Crippen MR) is 110 cm³/mol. The number of aromatic amines is 1. The van der Waals surface area contributed by atoms with E-state index in [0.29, 0.717) is 12.5 Å². The normalized spacial score (nSPS) is 22.4. The molecule has 2 bridgehead atoms. The first-order chi connectivity index (χ1) is 13.2. The number of hydrogen-bond acceptors (Lipinski definition) is 4. The van der Waals surface area contributed by atoms with Gasteiger partial charge in [-0.05, 0) is 42.3 Å². The van der Waals surface area contributed by atoms with Crippen LogP contribution in [0.1, 0.15) is 35.2 Å². The van der Waals surface area contributed by atoms with Gasteiger partial charge < -0.3 is 14.5 Å². The highest BCUT2D eigenvalue weighted by molar-refractivity contribution is 5.90. The quantitative estimate of drug-likeness (QED) is 0.669. The fourth-order valence-electron chi connectivity index (χ4n) is 4.51.